The molecule has 0 amide bonds. The molecule has 0 aliphatic carbocycles. The van der Waals surface area contributed by atoms with Crippen LogP contribution in [0.4, 0.5) is 0 Å². The van der Waals surface area contributed by atoms with E-state index in [9.17, 15) is 18.0 Å². The molecule has 2 rings (SSSR count). The summed E-state index contributed by atoms with van der Waals surface area (Å²) < 4.78 is 37.3. The van der Waals surface area contributed by atoms with Gasteiger partial charge in [-0.2, -0.15) is 4.72 Å². The van der Waals surface area contributed by atoms with Gasteiger partial charge in [-0.1, -0.05) is 35.9 Å². The lowest BCUT2D eigenvalue weighted by Gasteiger charge is -2.17. The summed E-state index contributed by atoms with van der Waals surface area (Å²) in [6, 6.07) is 13.0. The predicted molar refractivity (Wildman–Crippen MR) is 98.6 cm³/mol. The van der Waals surface area contributed by atoms with Crippen molar-refractivity contribution in [1.29, 1.82) is 0 Å². The topological polar surface area (TPSA) is 98.8 Å². The predicted octanol–water partition coefficient (Wildman–Crippen LogP) is 2.20. The van der Waals surface area contributed by atoms with Crippen LogP contribution in [-0.4, -0.2) is 33.0 Å². The molecule has 2 aromatic carbocycles. The van der Waals surface area contributed by atoms with E-state index in [0.29, 0.717) is 5.75 Å². The first kappa shape index (κ1) is 20.6. The average Bonchev–Trinajstić information content (AvgIpc) is 2.62. The third kappa shape index (κ3) is 6.19. The Morgan fingerprint density at radius 1 is 1.04 bits per heavy atom. The number of carbonyl (C=O) groups is 2. The minimum absolute atomic E-state index is 0.0150. The number of benzene rings is 2. The molecule has 0 aliphatic heterocycles. The number of para-hydroxylation sites is 1. The Morgan fingerprint density at radius 3 is 2.26 bits per heavy atom. The van der Waals surface area contributed by atoms with Gasteiger partial charge in [0.15, 0.2) is 0 Å². The lowest BCUT2D eigenvalue weighted by atomic mass is 10.2. The summed E-state index contributed by atoms with van der Waals surface area (Å²) in [5.74, 6) is -1.31. The van der Waals surface area contributed by atoms with Crippen LogP contribution in [0.15, 0.2) is 59.5 Å². The molecule has 1 atom stereocenters. The van der Waals surface area contributed by atoms with Crippen LogP contribution in [0.3, 0.4) is 0 Å². The highest BCUT2D eigenvalue weighted by atomic mass is 32.2. The third-order valence-corrected chi connectivity index (χ3v) is 5.03. The fraction of sp³-hybridized carbons (Fsp3) is 0.263. The number of sulfonamides is 1. The van der Waals surface area contributed by atoms with Gasteiger partial charge in [-0.3, -0.25) is 9.59 Å². The molecular formula is C19H21NO6S. The number of hydrogen-bond acceptors (Lipinski definition) is 6. The van der Waals surface area contributed by atoms with Crippen molar-refractivity contribution in [2.75, 3.05) is 6.61 Å². The summed E-state index contributed by atoms with van der Waals surface area (Å²) >= 11 is 0. The van der Waals surface area contributed by atoms with E-state index in [1.807, 2.05) is 6.92 Å². The van der Waals surface area contributed by atoms with Gasteiger partial charge in [0.25, 0.3) is 0 Å². The third-order valence-electron chi connectivity index (χ3n) is 3.55. The Balaban J connectivity index is 2.15. The maximum Gasteiger partial charge on any atom is 0.324 e. The number of nitrogens with one attached hydrogen (secondary N) is 1. The van der Waals surface area contributed by atoms with Gasteiger partial charge in [-0.15, -0.1) is 0 Å². The normalized spacial score (nSPS) is 12.2. The number of carbonyl (C=O) groups excluding carboxylic acids is 2. The smallest absolute Gasteiger partial charge is 0.324 e. The van der Waals surface area contributed by atoms with Crippen LogP contribution in [0.5, 0.6) is 5.75 Å². The monoisotopic (exact) mass is 391 g/mol. The van der Waals surface area contributed by atoms with Gasteiger partial charge in [0.1, 0.15) is 11.8 Å². The van der Waals surface area contributed by atoms with E-state index in [0.717, 1.165) is 5.56 Å². The molecule has 144 valence electrons. The highest BCUT2D eigenvalue weighted by Gasteiger charge is 2.29. The molecule has 0 spiro atoms. The van der Waals surface area contributed by atoms with E-state index in [4.69, 9.17) is 9.47 Å². The molecule has 1 N–H and O–H groups in total. The largest absolute Gasteiger partial charge is 0.465 e. The standard InChI is InChI=1S/C19H21NO6S/c1-3-25-19(22)17(13-18(21)26-15-7-5-4-6-8-15)20-27(23,24)16-11-9-14(2)10-12-16/h4-12,17,20H,3,13H2,1-2H3/t17-/m0/s1. The molecule has 27 heavy (non-hydrogen) atoms. The summed E-state index contributed by atoms with van der Waals surface area (Å²) in [4.78, 5) is 24.3. The first-order valence-electron chi connectivity index (χ1n) is 8.33. The summed E-state index contributed by atoms with van der Waals surface area (Å²) in [5.41, 5.74) is 0.891. The van der Waals surface area contributed by atoms with Crippen LogP contribution in [0, 0.1) is 6.92 Å². The van der Waals surface area contributed by atoms with Crippen molar-refractivity contribution >= 4 is 22.0 Å². The van der Waals surface area contributed by atoms with Gasteiger partial charge >= 0.3 is 11.9 Å². The number of rotatable bonds is 8. The average molecular weight is 391 g/mol. The number of esters is 2. The maximum atomic E-state index is 12.5. The molecule has 7 nitrogen and oxygen atoms in total. The van der Waals surface area contributed by atoms with Crippen molar-refractivity contribution in [3.63, 3.8) is 0 Å². The quantitative estimate of drug-likeness (QED) is 0.547. The summed E-state index contributed by atoms with van der Waals surface area (Å²) in [6.07, 6.45) is -0.501. The minimum Gasteiger partial charge on any atom is -0.465 e. The Morgan fingerprint density at radius 2 is 1.67 bits per heavy atom. The maximum absolute atomic E-state index is 12.5. The zero-order valence-corrected chi connectivity index (χ0v) is 15.9. The van der Waals surface area contributed by atoms with Crippen LogP contribution in [0.1, 0.15) is 18.9 Å². The van der Waals surface area contributed by atoms with Crippen molar-refractivity contribution in [2.45, 2.75) is 31.2 Å². The van der Waals surface area contributed by atoms with Crippen molar-refractivity contribution < 1.29 is 27.5 Å². The molecule has 0 aromatic heterocycles. The molecule has 0 unspecified atom stereocenters. The van der Waals surface area contributed by atoms with Gasteiger partial charge in [0, 0.05) is 0 Å². The second kappa shape index (κ2) is 9.29. The lowest BCUT2D eigenvalue weighted by Crippen LogP contribution is -2.43. The van der Waals surface area contributed by atoms with E-state index in [-0.39, 0.29) is 11.5 Å². The molecular weight excluding hydrogens is 370 g/mol. The first-order chi connectivity index (χ1) is 12.8. The summed E-state index contributed by atoms with van der Waals surface area (Å²) in [5, 5.41) is 0. The number of ether oxygens (including phenoxy) is 2. The van der Waals surface area contributed by atoms with Crippen LogP contribution >= 0.6 is 0 Å². The van der Waals surface area contributed by atoms with Crippen LogP contribution < -0.4 is 9.46 Å². The second-order valence-corrected chi connectivity index (χ2v) is 7.44. The highest BCUT2D eigenvalue weighted by Crippen LogP contribution is 2.14. The van der Waals surface area contributed by atoms with E-state index in [2.05, 4.69) is 4.72 Å². The van der Waals surface area contributed by atoms with E-state index in [1.165, 1.54) is 12.1 Å². The van der Waals surface area contributed by atoms with Crippen LogP contribution in [0.25, 0.3) is 0 Å². The first-order valence-corrected chi connectivity index (χ1v) is 9.81. The van der Waals surface area contributed by atoms with Crippen LogP contribution in [-0.2, 0) is 24.3 Å². The van der Waals surface area contributed by atoms with E-state index >= 15 is 0 Å². The van der Waals surface area contributed by atoms with Gasteiger partial charge in [0.05, 0.1) is 17.9 Å². The fourth-order valence-corrected chi connectivity index (χ4v) is 3.40. The lowest BCUT2D eigenvalue weighted by molar-refractivity contribution is -0.148. The fourth-order valence-electron chi connectivity index (χ4n) is 2.22. The molecule has 0 saturated heterocycles. The Bertz CT molecular complexity index is 878. The molecule has 0 fully saturated rings. The summed E-state index contributed by atoms with van der Waals surface area (Å²) in [7, 11) is -4.02. The Kier molecular flexibility index (Phi) is 7.09. The molecule has 0 heterocycles. The van der Waals surface area contributed by atoms with E-state index < -0.39 is 34.4 Å². The molecule has 0 bridgehead atoms. The molecule has 0 saturated carbocycles. The zero-order valence-electron chi connectivity index (χ0n) is 15.0. The SMILES string of the molecule is CCOC(=O)[C@H](CC(=O)Oc1ccccc1)NS(=O)(=O)c1ccc(C)cc1. The second-order valence-electron chi connectivity index (χ2n) is 5.73. The Hall–Kier alpha value is -2.71. The van der Waals surface area contributed by atoms with Crippen molar-refractivity contribution in [3.05, 3.63) is 60.2 Å². The molecule has 0 aliphatic rings. The van der Waals surface area contributed by atoms with Crippen molar-refractivity contribution in [2.24, 2.45) is 0 Å². The zero-order chi connectivity index (χ0) is 19.9. The number of aryl methyl sites for hydroxylation is 1. The van der Waals surface area contributed by atoms with E-state index in [1.54, 1.807) is 49.4 Å². The van der Waals surface area contributed by atoms with Crippen LogP contribution in [0.2, 0.25) is 0 Å². The molecule has 0 radical (unpaired) electrons. The molecule has 2 aromatic rings. The Labute approximate surface area is 158 Å². The number of hydrogen-bond donors (Lipinski definition) is 1. The summed E-state index contributed by atoms with van der Waals surface area (Å²) in [6.45, 7) is 3.46. The highest BCUT2D eigenvalue weighted by molar-refractivity contribution is 7.89. The van der Waals surface area contributed by atoms with Crippen molar-refractivity contribution in [3.8, 4) is 5.75 Å². The van der Waals surface area contributed by atoms with Gasteiger partial charge in [0.2, 0.25) is 10.0 Å². The van der Waals surface area contributed by atoms with Gasteiger partial charge in [-0.05, 0) is 38.1 Å². The van der Waals surface area contributed by atoms with Gasteiger partial charge < -0.3 is 9.47 Å². The molecule has 8 heteroatoms. The minimum atomic E-state index is -4.02. The van der Waals surface area contributed by atoms with Gasteiger partial charge in [-0.25, -0.2) is 8.42 Å². The van der Waals surface area contributed by atoms with Crippen molar-refractivity contribution in [1.82, 2.24) is 4.72 Å².